The maximum atomic E-state index is 6.38. The number of hydrogen-bond donors (Lipinski definition) is 1. The number of nitrogens with zero attached hydrogens (tertiary/aromatic N) is 2. The molecular weight excluding hydrogens is 246 g/mol. The molecule has 1 aromatic heterocycles. The Morgan fingerprint density at radius 1 is 1.25 bits per heavy atom. The summed E-state index contributed by atoms with van der Waals surface area (Å²) in [4.78, 5) is 0. The zero-order valence-corrected chi connectivity index (χ0v) is 12.4. The van der Waals surface area contributed by atoms with E-state index in [0.717, 1.165) is 24.2 Å². The van der Waals surface area contributed by atoms with Gasteiger partial charge in [-0.1, -0.05) is 25.1 Å². The molecule has 3 heteroatoms. The van der Waals surface area contributed by atoms with E-state index >= 15 is 0 Å². The van der Waals surface area contributed by atoms with Gasteiger partial charge in [0.15, 0.2) is 0 Å². The first-order chi connectivity index (χ1) is 9.67. The highest BCUT2D eigenvalue weighted by molar-refractivity contribution is 5.36. The normalized spacial score (nSPS) is 15.3. The second-order valence-electron chi connectivity index (χ2n) is 5.80. The average Bonchev–Trinajstić information content (AvgIpc) is 3.04. The number of benzene rings is 1. The van der Waals surface area contributed by atoms with Crippen LogP contribution in [0.25, 0.3) is 0 Å². The molecule has 1 heterocycles. The smallest absolute Gasteiger partial charge is 0.0625 e. The van der Waals surface area contributed by atoms with E-state index in [1.807, 2.05) is 11.7 Å². The maximum Gasteiger partial charge on any atom is 0.0625 e. The number of hydrogen-bond acceptors (Lipinski definition) is 2. The lowest BCUT2D eigenvalue weighted by Crippen LogP contribution is -2.17. The fourth-order valence-electron chi connectivity index (χ4n) is 3.17. The number of aromatic nitrogens is 2. The van der Waals surface area contributed by atoms with E-state index in [-0.39, 0.29) is 6.04 Å². The van der Waals surface area contributed by atoms with Crippen LogP contribution in [0.3, 0.4) is 0 Å². The predicted molar refractivity (Wildman–Crippen MR) is 81.7 cm³/mol. The van der Waals surface area contributed by atoms with Crippen LogP contribution in [-0.2, 0) is 32.7 Å². The number of nitrogens with two attached hydrogens (primary N) is 1. The van der Waals surface area contributed by atoms with Gasteiger partial charge in [0.05, 0.1) is 17.4 Å². The molecule has 0 saturated carbocycles. The summed E-state index contributed by atoms with van der Waals surface area (Å²) in [6.07, 6.45) is 5.61. The molecule has 1 aromatic carbocycles. The van der Waals surface area contributed by atoms with E-state index in [4.69, 9.17) is 5.73 Å². The molecule has 20 heavy (non-hydrogen) atoms. The average molecular weight is 269 g/mol. The molecule has 1 atom stereocenters. The largest absolute Gasteiger partial charge is 0.322 e. The molecule has 0 aliphatic heterocycles. The molecule has 0 bridgehead atoms. The van der Waals surface area contributed by atoms with Crippen molar-refractivity contribution in [1.82, 2.24) is 9.78 Å². The lowest BCUT2D eigenvalue weighted by Gasteiger charge is -2.13. The lowest BCUT2D eigenvalue weighted by atomic mass is 9.99. The molecule has 2 N–H and O–H groups in total. The van der Waals surface area contributed by atoms with Gasteiger partial charge in [-0.2, -0.15) is 5.10 Å². The standard InChI is InChI=1S/C17H23N3/c1-3-15-11-17(20(2)19-15)16(18)10-12-7-8-13-5-4-6-14(13)9-12/h7-9,11,16H,3-6,10,18H2,1-2H3. The first-order valence-corrected chi connectivity index (χ1v) is 7.56. The monoisotopic (exact) mass is 269 g/mol. The number of aryl methyl sites for hydroxylation is 4. The zero-order valence-electron chi connectivity index (χ0n) is 12.4. The van der Waals surface area contributed by atoms with E-state index in [0.29, 0.717) is 0 Å². The Labute approximate surface area is 120 Å². The molecule has 0 radical (unpaired) electrons. The van der Waals surface area contributed by atoms with E-state index in [1.54, 1.807) is 0 Å². The van der Waals surface area contributed by atoms with Crippen molar-refractivity contribution in [1.29, 1.82) is 0 Å². The second kappa shape index (κ2) is 5.41. The van der Waals surface area contributed by atoms with Crippen LogP contribution < -0.4 is 5.73 Å². The van der Waals surface area contributed by atoms with Gasteiger partial charge in [-0.15, -0.1) is 0 Å². The van der Waals surface area contributed by atoms with Crippen LogP contribution in [0.4, 0.5) is 0 Å². The molecule has 3 rings (SSSR count). The van der Waals surface area contributed by atoms with Crippen LogP contribution >= 0.6 is 0 Å². The van der Waals surface area contributed by atoms with Crippen molar-refractivity contribution in [3.8, 4) is 0 Å². The Morgan fingerprint density at radius 3 is 2.80 bits per heavy atom. The minimum Gasteiger partial charge on any atom is -0.322 e. The van der Waals surface area contributed by atoms with E-state index in [9.17, 15) is 0 Å². The Balaban J connectivity index is 1.78. The van der Waals surface area contributed by atoms with E-state index in [2.05, 4.69) is 36.3 Å². The van der Waals surface area contributed by atoms with Crippen LogP contribution in [0, 0.1) is 0 Å². The van der Waals surface area contributed by atoms with Gasteiger partial charge in [-0.3, -0.25) is 4.68 Å². The summed E-state index contributed by atoms with van der Waals surface area (Å²) < 4.78 is 1.93. The first-order valence-electron chi connectivity index (χ1n) is 7.56. The molecule has 0 saturated heterocycles. The predicted octanol–water partition coefficient (Wildman–Crippen LogP) is 2.71. The Kier molecular flexibility index (Phi) is 3.62. The van der Waals surface area contributed by atoms with Crippen molar-refractivity contribution in [3.05, 3.63) is 52.3 Å². The molecule has 1 aliphatic rings. The minimum absolute atomic E-state index is 0.0206. The summed E-state index contributed by atoms with van der Waals surface area (Å²) >= 11 is 0. The van der Waals surface area contributed by atoms with Crippen molar-refractivity contribution in [3.63, 3.8) is 0 Å². The van der Waals surface area contributed by atoms with Gasteiger partial charge < -0.3 is 5.73 Å². The third kappa shape index (κ3) is 2.50. The topological polar surface area (TPSA) is 43.8 Å². The first kappa shape index (κ1) is 13.4. The SMILES string of the molecule is CCc1cc(C(N)Cc2ccc3c(c2)CCC3)n(C)n1. The molecule has 0 spiro atoms. The van der Waals surface area contributed by atoms with Crippen molar-refractivity contribution >= 4 is 0 Å². The van der Waals surface area contributed by atoms with Crippen LogP contribution in [-0.4, -0.2) is 9.78 Å². The molecule has 3 nitrogen and oxygen atoms in total. The van der Waals surface area contributed by atoms with E-state index in [1.165, 1.54) is 36.0 Å². The van der Waals surface area contributed by atoms with Gasteiger partial charge in [0, 0.05) is 7.05 Å². The molecule has 1 unspecified atom stereocenters. The quantitative estimate of drug-likeness (QED) is 0.927. The molecule has 1 aliphatic carbocycles. The third-order valence-corrected chi connectivity index (χ3v) is 4.33. The van der Waals surface area contributed by atoms with E-state index < -0.39 is 0 Å². The maximum absolute atomic E-state index is 6.38. The summed E-state index contributed by atoms with van der Waals surface area (Å²) in [5, 5.41) is 4.49. The van der Waals surface area contributed by atoms with Gasteiger partial charge in [-0.05, 0) is 54.9 Å². The molecule has 106 valence electrons. The third-order valence-electron chi connectivity index (χ3n) is 4.33. The number of fused-ring (bicyclic) bond motifs is 1. The summed E-state index contributed by atoms with van der Waals surface area (Å²) in [5.74, 6) is 0. The van der Waals surface area contributed by atoms with Crippen LogP contribution in [0.2, 0.25) is 0 Å². The lowest BCUT2D eigenvalue weighted by molar-refractivity contribution is 0.614. The van der Waals surface area contributed by atoms with Crippen molar-refractivity contribution in [2.24, 2.45) is 12.8 Å². The molecule has 2 aromatic rings. The fourth-order valence-corrected chi connectivity index (χ4v) is 3.17. The zero-order chi connectivity index (χ0) is 14.1. The number of rotatable bonds is 4. The van der Waals surface area contributed by atoms with Gasteiger partial charge >= 0.3 is 0 Å². The minimum atomic E-state index is 0.0206. The van der Waals surface area contributed by atoms with Gasteiger partial charge in [0.2, 0.25) is 0 Å². The summed E-state index contributed by atoms with van der Waals surface area (Å²) in [5.41, 5.74) is 13.0. The molecule has 0 fully saturated rings. The van der Waals surface area contributed by atoms with Crippen molar-refractivity contribution in [2.75, 3.05) is 0 Å². The Hall–Kier alpha value is -1.61. The highest BCUT2D eigenvalue weighted by Crippen LogP contribution is 2.25. The van der Waals surface area contributed by atoms with Crippen LogP contribution in [0.15, 0.2) is 24.3 Å². The van der Waals surface area contributed by atoms with Gasteiger partial charge in [0.1, 0.15) is 0 Å². The van der Waals surface area contributed by atoms with Gasteiger partial charge in [-0.25, -0.2) is 0 Å². The van der Waals surface area contributed by atoms with Gasteiger partial charge in [0.25, 0.3) is 0 Å². The Morgan fingerprint density at radius 2 is 2.05 bits per heavy atom. The highest BCUT2D eigenvalue weighted by Gasteiger charge is 2.15. The summed E-state index contributed by atoms with van der Waals surface area (Å²) in [6, 6.07) is 9.02. The second-order valence-corrected chi connectivity index (χ2v) is 5.80. The Bertz CT molecular complexity index is 613. The molecular formula is C17H23N3. The molecule has 0 amide bonds. The van der Waals surface area contributed by atoms with Crippen LogP contribution in [0.5, 0.6) is 0 Å². The van der Waals surface area contributed by atoms with Crippen LogP contribution in [0.1, 0.15) is 47.5 Å². The van der Waals surface area contributed by atoms with Crippen molar-refractivity contribution < 1.29 is 0 Å². The highest BCUT2D eigenvalue weighted by atomic mass is 15.3. The summed E-state index contributed by atoms with van der Waals surface area (Å²) in [7, 11) is 1.98. The van der Waals surface area contributed by atoms with Crippen molar-refractivity contribution in [2.45, 2.75) is 45.1 Å². The summed E-state index contributed by atoms with van der Waals surface area (Å²) in [6.45, 7) is 2.12. The fraction of sp³-hybridized carbons (Fsp3) is 0.471.